The van der Waals surface area contributed by atoms with Crippen LogP contribution >= 0.6 is 0 Å². The molecular weight excluding hydrogens is 250 g/mol. The van der Waals surface area contributed by atoms with Crippen molar-refractivity contribution in [2.75, 3.05) is 6.61 Å². The predicted octanol–water partition coefficient (Wildman–Crippen LogP) is 3.05. The van der Waals surface area contributed by atoms with Gasteiger partial charge in [0.05, 0.1) is 6.04 Å². The fourth-order valence-corrected chi connectivity index (χ4v) is 3.85. The van der Waals surface area contributed by atoms with Gasteiger partial charge in [-0.3, -0.25) is 4.90 Å². The third-order valence-corrected chi connectivity index (χ3v) is 4.84. The summed E-state index contributed by atoms with van der Waals surface area (Å²) in [6, 6.07) is 7.41. The second-order valence-electron chi connectivity index (χ2n) is 6.44. The van der Waals surface area contributed by atoms with Gasteiger partial charge < -0.3 is 9.84 Å². The molecule has 3 rings (SSSR count). The van der Waals surface area contributed by atoms with Gasteiger partial charge in [0, 0.05) is 17.6 Å². The maximum atomic E-state index is 10.5. The van der Waals surface area contributed by atoms with Crippen molar-refractivity contribution in [2.45, 2.75) is 64.3 Å². The van der Waals surface area contributed by atoms with Crippen molar-refractivity contribution < 1.29 is 9.84 Å². The van der Waals surface area contributed by atoms with E-state index >= 15 is 0 Å². The van der Waals surface area contributed by atoms with Gasteiger partial charge in [-0.15, -0.1) is 0 Å². The topological polar surface area (TPSA) is 32.7 Å². The van der Waals surface area contributed by atoms with Crippen LogP contribution in [-0.4, -0.2) is 34.8 Å². The summed E-state index contributed by atoms with van der Waals surface area (Å²) >= 11 is 0. The predicted molar refractivity (Wildman–Crippen MR) is 80.0 cm³/mol. The highest BCUT2D eigenvalue weighted by Gasteiger charge is 2.39. The minimum atomic E-state index is -0.438. The molecule has 4 atom stereocenters. The number of nitrogens with zero attached hydrogens (tertiary/aromatic N) is 1. The Bertz CT molecular complexity index is 478. The summed E-state index contributed by atoms with van der Waals surface area (Å²) in [5.41, 5.74) is 2.38. The van der Waals surface area contributed by atoms with Crippen LogP contribution in [0.15, 0.2) is 18.2 Å². The summed E-state index contributed by atoms with van der Waals surface area (Å²) in [5.74, 6) is 0.941. The molecule has 2 aliphatic rings. The smallest absolute Gasteiger partial charge is 0.124 e. The Balaban J connectivity index is 2.01. The number of ether oxygens (including phenoxy) is 1. The van der Waals surface area contributed by atoms with Crippen molar-refractivity contribution in [3.05, 3.63) is 29.3 Å². The summed E-state index contributed by atoms with van der Waals surface area (Å²) < 4.78 is 5.71. The average Bonchev–Trinajstić information content (AvgIpc) is 2.41. The van der Waals surface area contributed by atoms with Crippen molar-refractivity contribution in [2.24, 2.45) is 0 Å². The number of aliphatic hydroxyl groups is 1. The van der Waals surface area contributed by atoms with Crippen LogP contribution in [0.5, 0.6) is 5.75 Å². The molecule has 1 aromatic rings. The molecule has 110 valence electrons. The zero-order valence-corrected chi connectivity index (χ0v) is 12.7. The standard InChI is InChI=1S/C17H25NO2/c1-11-7-8-16-14(9-11)17(15(19)10-20-16)18-12(2)5-4-6-13(18)3/h7-9,12-13,15,17,19H,4-6,10H2,1-3H3. The lowest BCUT2D eigenvalue weighted by atomic mass is 9.88. The van der Waals surface area contributed by atoms with Crippen LogP contribution in [0.1, 0.15) is 50.3 Å². The maximum Gasteiger partial charge on any atom is 0.124 e. The second kappa shape index (κ2) is 5.38. The molecule has 1 fully saturated rings. The van der Waals surface area contributed by atoms with Gasteiger partial charge in [-0.05, 0) is 39.7 Å². The molecule has 1 saturated heterocycles. The summed E-state index contributed by atoms with van der Waals surface area (Å²) in [4.78, 5) is 2.51. The second-order valence-corrected chi connectivity index (χ2v) is 6.44. The number of hydrogen-bond donors (Lipinski definition) is 1. The van der Waals surface area contributed by atoms with Crippen LogP contribution < -0.4 is 4.74 Å². The molecule has 3 nitrogen and oxygen atoms in total. The SMILES string of the molecule is Cc1ccc2c(c1)C(N1C(C)CCCC1C)C(O)CO2. The number of hydrogen-bond acceptors (Lipinski definition) is 3. The van der Waals surface area contributed by atoms with E-state index in [1.54, 1.807) is 0 Å². The molecule has 2 heterocycles. The number of piperidine rings is 1. The highest BCUT2D eigenvalue weighted by Crippen LogP contribution is 2.41. The van der Waals surface area contributed by atoms with Crippen molar-refractivity contribution in [1.82, 2.24) is 4.90 Å². The highest BCUT2D eigenvalue weighted by molar-refractivity contribution is 5.41. The number of aryl methyl sites for hydroxylation is 1. The van der Waals surface area contributed by atoms with Crippen LogP contribution in [0.3, 0.4) is 0 Å². The molecule has 3 heteroatoms. The lowest BCUT2D eigenvalue weighted by Gasteiger charge is -2.47. The molecule has 2 aliphatic heterocycles. The van der Waals surface area contributed by atoms with Crippen molar-refractivity contribution in [1.29, 1.82) is 0 Å². The van der Waals surface area contributed by atoms with Gasteiger partial charge in [0.1, 0.15) is 18.5 Å². The Morgan fingerprint density at radius 1 is 1.20 bits per heavy atom. The first kappa shape index (κ1) is 13.9. The van der Waals surface area contributed by atoms with Gasteiger partial charge in [-0.25, -0.2) is 0 Å². The molecule has 0 spiro atoms. The van der Waals surface area contributed by atoms with Gasteiger partial charge in [0.25, 0.3) is 0 Å². The maximum absolute atomic E-state index is 10.5. The van der Waals surface area contributed by atoms with Gasteiger partial charge in [-0.1, -0.05) is 24.1 Å². The van der Waals surface area contributed by atoms with E-state index in [-0.39, 0.29) is 6.04 Å². The van der Waals surface area contributed by atoms with Gasteiger partial charge in [0.2, 0.25) is 0 Å². The number of fused-ring (bicyclic) bond motifs is 1. The summed E-state index contributed by atoms with van der Waals surface area (Å²) in [6.07, 6.45) is 3.29. The van der Waals surface area contributed by atoms with E-state index < -0.39 is 6.10 Å². The number of likely N-dealkylation sites (tertiary alicyclic amines) is 1. The number of benzene rings is 1. The largest absolute Gasteiger partial charge is 0.490 e. The Labute approximate surface area is 121 Å². The van der Waals surface area contributed by atoms with Crippen molar-refractivity contribution in [3.8, 4) is 5.75 Å². The quantitative estimate of drug-likeness (QED) is 0.855. The normalized spacial score (nSPS) is 34.4. The minimum Gasteiger partial charge on any atom is -0.490 e. The van der Waals surface area contributed by atoms with E-state index in [2.05, 4.69) is 37.8 Å². The van der Waals surface area contributed by atoms with Crippen LogP contribution in [0.2, 0.25) is 0 Å². The molecule has 0 bridgehead atoms. The number of aliphatic hydroxyl groups excluding tert-OH is 1. The Kier molecular flexibility index (Phi) is 3.74. The van der Waals surface area contributed by atoms with Gasteiger partial charge in [0.15, 0.2) is 0 Å². The van der Waals surface area contributed by atoms with Crippen molar-refractivity contribution in [3.63, 3.8) is 0 Å². The first-order valence-electron chi connectivity index (χ1n) is 7.77. The first-order valence-corrected chi connectivity index (χ1v) is 7.77. The van der Waals surface area contributed by atoms with Crippen LogP contribution in [0.25, 0.3) is 0 Å². The Hall–Kier alpha value is -1.06. The fraction of sp³-hybridized carbons (Fsp3) is 0.647. The Morgan fingerprint density at radius 3 is 2.60 bits per heavy atom. The minimum absolute atomic E-state index is 0.0731. The zero-order chi connectivity index (χ0) is 14.3. The van der Waals surface area contributed by atoms with Crippen LogP contribution in [0.4, 0.5) is 0 Å². The lowest BCUT2D eigenvalue weighted by Crippen LogP contribution is -2.51. The van der Waals surface area contributed by atoms with Gasteiger partial charge in [-0.2, -0.15) is 0 Å². The van der Waals surface area contributed by atoms with Crippen LogP contribution in [-0.2, 0) is 0 Å². The molecule has 0 saturated carbocycles. The van der Waals surface area contributed by atoms with E-state index in [9.17, 15) is 5.11 Å². The van der Waals surface area contributed by atoms with E-state index in [4.69, 9.17) is 4.74 Å². The molecule has 1 aromatic carbocycles. The van der Waals surface area contributed by atoms with E-state index in [0.29, 0.717) is 18.7 Å². The molecule has 0 aromatic heterocycles. The summed E-state index contributed by atoms with van der Waals surface area (Å²) in [7, 11) is 0. The molecule has 4 unspecified atom stereocenters. The summed E-state index contributed by atoms with van der Waals surface area (Å²) in [6.45, 7) is 7.07. The molecule has 0 amide bonds. The number of rotatable bonds is 1. The molecule has 1 N–H and O–H groups in total. The zero-order valence-electron chi connectivity index (χ0n) is 12.7. The summed E-state index contributed by atoms with van der Waals surface area (Å²) in [5, 5.41) is 10.5. The fourth-order valence-electron chi connectivity index (χ4n) is 3.85. The van der Waals surface area contributed by atoms with E-state index in [1.807, 2.05) is 6.07 Å². The Morgan fingerprint density at radius 2 is 1.90 bits per heavy atom. The molecule has 0 aliphatic carbocycles. The molecule has 20 heavy (non-hydrogen) atoms. The first-order chi connectivity index (χ1) is 9.58. The third kappa shape index (κ3) is 2.33. The van der Waals surface area contributed by atoms with Crippen LogP contribution in [0, 0.1) is 6.92 Å². The van der Waals surface area contributed by atoms with Gasteiger partial charge >= 0.3 is 0 Å². The molecule has 0 radical (unpaired) electrons. The van der Waals surface area contributed by atoms with E-state index in [0.717, 1.165) is 11.3 Å². The highest BCUT2D eigenvalue weighted by atomic mass is 16.5. The average molecular weight is 275 g/mol. The van der Waals surface area contributed by atoms with Crippen molar-refractivity contribution >= 4 is 0 Å². The van der Waals surface area contributed by atoms with E-state index in [1.165, 1.54) is 24.8 Å². The molecular formula is C17H25NO2. The lowest BCUT2D eigenvalue weighted by molar-refractivity contribution is -0.0456. The third-order valence-electron chi connectivity index (χ3n) is 4.84. The monoisotopic (exact) mass is 275 g/mol.